The molecule has 0 aliphatic rings. The van der Waals surface area contributed by atoms with Crippen LogP contribution in [0.25, 0.3) is 11.0 Å². The Morgan fingerprint density at radius 2 is 2.19 bits per heavy atom. The van der Waals surface area contributed by atoms with Gasteiger partial charge in [0.1, 0.15) is 17.9 Å². The minimum Gasteiger partial charge on any atom is -0.481 e. The topological polar surface area (TPSA) is 77.2 Å². The molecule has 1 N–H and O–H groups in total. The number of hydrogen-bond acceptors (Lipinski definition) is 4. The van der Waals surface area contributed by atoms with Gasteiger partial charge in [0.2, 0.25) is 0 Å². The summed E-state index contributed by atoms with van der Waals surface area (Å²) in [5.74, 6) is -1.63. The summed E-state index contributed by atoms with van der Waals surface area (Å²) in [4.78, 5) is 19.5. The van der Waals surface area contributed by atoms with Crippen LogP contribution in [0.4, 0.5) is 4.39 Å². The number of hydrogen-bond donors (Lipinski definition) is 1. The number of carboxylic acid groups (broad SMARTS) is 1. The van der Waals surface area contributed by atoms with Crippen LogP contribution in [0.1, 0.15) is 31.0 Å². The van der Waals surface area contributed by atoms with Gasteiger partial charge in [-0.05, 0) is 59.7 Å². The first-order chi connectivity index (χ1) is 12.3. The fourth-order valence-electron chi connectivity index (χ4n) is 2.64. The van der Waals surface area contributed by atoms with Crippen molar-refractivity contribution in [3.8, 4) is 6.01 Å². The average Bonchev–Trinajstić information content (AvgIpc) is 2.92. The zero-order chi connectivity index (χ0) is 18.8. The lowest BCUT2D eigenvalue weighted by molar-refractivity contribution is -0.136. The van der Waals surface area contributed by atoms with Crippen LogP contribution in [0, 0.1) is 9.39 Å². The van der Waals surface area contributed by atoms with E-state index in [0.29, 0.717) is 11.6 Å². The number of nitrogens with zero attached hydrogens (tertiary/aromatic N) is 3. The molecule has 0 radical (unpaired) electrons. The molecule has 0 atom stereocenters. The van der Waals surface area contributed by atoms with E-state index in [-0.39, 0.29) is 24.6 Å². The van der Waals surface area contributed by atoms with Gasteiger partial charge in [-0.3, -0.25) is 4.79 Å². The van der Waals surface area contributed by atoms with E-state index in [2.05, 4.69) is 51.0 Å². The fraction of sp³-hybridized carbons (Fsp3) is 0.278. The lowest BCUT2D eigenvalue weighted by Crippen LogP contribution is -2.05. The molecule has 26 heavy (non-hydrogen) atoms. The number of carboxylic acids is 1. The predicted octanol–water partition coefficient (Wildman–Crippen LogP) is 3.96. The van der Waals surface area contributed by atoms with Gasteiger partial charge in [0.15, 0.2) is 0 Å². The molecule has 136 valence electrons. The number of aliphatic carboxylic acids is 1. The highest BCUT2D eigenvalue weighted by Gasteiger charge is 2.13. The summed E-state index contributed by atoms with van der Waals surface area (Å²) in [6.45, 7) is 4.30. The quantitative estimate of drug-likeness (QED) is 0.554. The first-order valence-corrected chi connectivity index (χ1v) is 9.08. The molecule has 3 rings (SSSR count). The molecule has 8 heteroatoms. The summed E-state index contributed by atoms with van der Waals surface area (Å²) < 4.78 is 22.4. The highest BCUT2D eigenvalue weighted by Crippen LogP contribution is 2.25. The first-order valence-electron chi connectivity index (χ1n) is 8.00. The summed E-state index contributed by atoms with van der Waals surface area (Å²) in [6.07, 6.45) is 3.37. The first kappa shape index (κ1) is 18.6. The maximum Gasteiger partial charge on any atom is 0.317 e. The monoisotopic (exact) mass is 469 g/mol. The molecule has 0 bridgehead atoms. The molecule has 0 saturated heterocycles. The second-order valence-corrected chi connectivity index (χ2v) is 7.31. The average molecular weight is 469 g/mol. The van der Waals surface area contributed by atoms with Crippen molar-refractivity contribution in [2.24, 2.45) is 0 Å². The van der Waals surface area contributed by atoms with E-state index in [1.165, 1.54) is 12.1 Å². The van der Waals surface area contributed by atoms with E-state index in [4.69, 9.17) is 9.84 Å². The molecule has 2 heterocycles. The Kier molecular flexibility index (Phi) is 5.40. The third-order valence-corrected chi connectivity index (χ3v) is 4.67. The number of fused-ring (bicyclic) bond motifs is 1. The molecule has 0 unspecified atom stereocenters. The number of benzene rings is 1. The Balaban J connectivity index is 1.80. The predicted molar refractivity (Wildman–Crippen MR) is 103 cm³/mol. The van der Waals surface area contributed by atoms with Crippen molar-refractivity contribution in [3.63, 3.8) is 0 Å². The molecule has 0 amide bonds. The summed E-state index contributed by atoms with van der Waals surface area (Å²) in [5, 5.41) is 8.84. The zero-order valence-electron chi connectivity index (χ0n) is 14.2. The van der Waals surface area contributed by atoms with E-state index in [1.807, 2.05) is 6.20 Å². The second kappa shape index (κ2) is 7.56. The lowest BCUT2D eigenvalue weighted by Gasteiger charge is -2.09. The van der Waals surface area contributed by atoms with Crippen LogP contribution < -0.4 is 4.74 Å². The van der Waals surface area contributed by atoms with Crippen molar-refractivity contribution >= 4 is 39.6 Å². The lowest BCUT2D eigenvalue weighted by atomic mass is 10.1. The maximum absolute atomic E-state index is 13.6. The molecule has 2 aromatic heterocycles. The fourth-order valence-corrected chi connectivity index (χ4v) is 3.33. The molecule has 1 aromatic carbocycles. The van der Waals surface area contributed by atoms with Gasteiger partial charge in [-0.1, -0.05) is 6.07 Å². The van der Waals surface area contributed by atoms with E-state index in [9.17, 15) is 9.18 Å². The summed E-state index contributed by atoms with van der Waals surface area (Å²) in [5.41, 5.74) is 2.52. The van der Waals surface area contributed by atoms with E-state index in [1.54, 1.807) is 12.3 Å². The van der Waals surface area contributed by atoms with Crippen LogP contribution >= 0.6 is 22.6 Å². The Labute approximate surface area is 163 Å². The van der Waals surface area contributed by atoms with E-state index < -0.39 is 11.8 Å². The highest BCUT2D eigenvalue weighted by molar-refractivity contribution is 14.1. The molecule has 0 aliphatic heterocycles. The molecule has 0 aliphatic carbocycles. The number of carbonyl (C=O) groups is 1. The normalized spacial score (nSPS) is 11.3. The number of halogens is 2. The molecular weight excluding hydrogens is 452 g/mol. The molecule has 0 saturated carbocycles. The third-order valence-electron chi connectivity index (χ3n) is 3.88. The van der Waals surface area contributed by atoms with Gasteiger partial charge < -0.3 is 14.4 Å². The van der Waals surface area contributed by atoms with Crippen LogP contribution in [-0.4, -0.2) is 25.6 Å². The third kappa shape index (κ3) is 3.95. The Hall–Kier alpha value is -2.23. The van der Waals surface area contributed by atoms with Gasteiger partial charge in [0, 0.05) is 12.2 Å². The van der Waals surface area contributed by atoms with Crippen molar-refractivity contribution in [2.45, 2.75) is 32.9 Å². The van der Waals surface area contributed by atoms with Crippen LogP contribution in [-0.2, 0) is 17.8 Å². The largest absolute Gasteiger partial charge is 0.481 e. The van der Waals surface area contributed by atoms with Crippen molar-refractivity contribution < 1.29 is 19.0 Å². The highest BCUT2D eigenvalue weighted by atomic mass is 127. The van der Waals surface area contributed by atoms with Crippen LogP contribution in [0.15, 0.2) is 30.6 Å². The van der Waals surface area contributed by atoms with Crippen molar-refractivity contribution in [3.05, 3.63) is 51.1 Å². The van der Waals surface area contributed by atoms with Crippen LogP contribution in [0.5, 0.6) is 6.01 Å². The van der Waals surface area contributed by atoms with Gasteiger partial charge >= 0.3 is 12.0 Å². The van der Waals surface area contributed by atoms with Gasteiger partial charge in [-0.2, -0.15) is 4.98 Å². The van der Waals surface area contributed by atoms with Crippen molar-refractivity contribution in [1.29, 1.82) is 0 Å². The number of ether oxygens (including phenoxy) is 1. The van der Waals surface area contributed by atoms with Gasteiger partial charge in [-0.15, -0.1) is 0 Å². The zero-order valence-corrected chi connectivity index (χ0v) is 16.4. The van der Waals surface area contributed by atoms with Crippen molar-refractivity contribution in [1.82, 2.24) is 14.5 Å². The molecule has 6 nitrogen and oxygen atoms in total. The minimum absolute atomic E-state index is 0.124. The SMILES string of the molecule is CC(C)n1cc(I)c2nc(OCc3ccc(F)c(CC(=O)O)c3)ncc21. The Morgan fingerprint density at radius 3 is 2.88 bits per heavy atom. The summed E-state index contributed by atoms with van der Waals surface area (Å²) in [6, 6.07) is 4.80. The molecular formula is C18H17FIN3O3. The van der Waals surface area contributed by atoms with Crippen LogP contribution in [0.2, 0.25) is 0 Å². The Morgan fingerprint density at radius 1 is 1.42 bits per heavy atom. The van der Waals surface area contributed by atoms with E-state index >= 15 is 0 Å². The summed E-state index contributed by atoms with van der Waals surface area (Å²) in [7, 11) is 0. The molecule has 0 spiro atoms. The van der Waals surface area contributed by atoms with E-state index in [0.717, 1.165) is 14.6 Å². The molecule has 3 aromatic rings. The molecule has 0 fully saturated rings. The van der Waals surface area contributed by atoms with Crippen LogP contribution in [0.3, 0.4) is 0 Å². The Bertz CT molecular complexity index is 972. The smallest absolute Gasteiger partial charge is 0.317 e. The maximum atomic E-state index is 13.6. The van der Waals surface area contributed by atoms with Crippen molar-refractivity contribution in [2.75, 3.05) is 0 Å². The number of aromatic nitrogens is 3. The summed E-state index contributed by atoms with van der Waals surface area (Å²) >= 11 is 2.22. The minimum atomic E-state index is -1.08. The standard InChI is InChI=1S/C18H17FIN3O3/c1-10(2)23-8-14(20)17-15(23)7-21-18(22-17)26-9-11-3-4-13(19)12(5-11)6-16(24)25/h3-5,7-8,10H,6,9H2,1-2H3,(H,24,25). The van der Waals surface area contributed by atoms with Gasteiger partial charge in [0.05, 0.1) is 21.7 Å². The van der Waals surface area contributed by atoms with Gasteiger partial charge in [0.25, 0.3) is 0 Å². The number of rotatable bonds is 6. The second-order valence-electron chi connectivity index (χ2n) is 6.15. The van der Waals surface area contributed by atoms with Gasteiger partial charge in [-0.25, -0.2) is 9.37 Å².